The molecule has 0 unspecified atom stereocenters. The van der Waals surface area contributed by atoms with E-state index in [1.54, 1.807) is 0 Å². The van der Waals surface area contributed by atoms with Crippen molar-refractivity contribution >= 4 is 16.8 Å². The number of nitrogens with zero attached hydrogens (tertiary/aromatic N) is 3. The first-order chi connectivity index (χ1) is 15.9. The van der Waals surface area contributed by atoms with Crippen LogP contribution in [-0.2, 0) is 11.3 Å². The Morgan fingerprint density at radius 2 is 1.91 bits per heavy atom. The zero-order valence-corrected chi connectivity index (χ0v) is 20.1. The third-order valence-corrected chi connectivity index (χ3v) is 6.44. The van der Waals surface area contributed by atoms with E-state index < -0.39 is 0 Å². The van der Waals surface area contributed by atoms with Crippen LogP contribution in [0.2, 0.25) is 0 Å². The van der Waals surface area contributed by atoms with Gasteiger partial charge in [0.25, 0.3) is 0 Å². The van der Waals surface area contributed by atoms with E-state index in [4.69, 9.17) is 0 Å². The van der Waals surface area contributed by atoms with Gasteiger partial charge in [0.15, 0.2) is 0 Å². The zero-order chi connectivity index (χ0) is 23.3. The number of nitrogens with one attached hydrogen (secondary N) is 1. The number of fused-ring (bicyclic) bond motifs is 1. The number of aromatic nitrogens is 2. The summed E-state index contributed by atoms with van der Waals surface area (Å²) < 4.78 is 0. The van der Waals surface area contributed by atoms with Gasteiger partial charge in [0.1, 0.15) is 0 Å². The number of pyridine rings is 2. The Morgan fingerprint density at radius 3 is 2.70 bits per heavy atom. The van der Waals surface area contributed by atoms with Crippen LogP contribution >= 0.6 is 0 Å². The van der Waals surface area contributed by atoms with E-state index in [0.29, 0.717) is 12.5 Å². The maximum atomic E-state index is 12.8. The van der Waals surface area contributed by atoms with Gasteiger partial charge in [-0.2, -0.15) is 0 Å². The number of rotatable bonds is 7. The standard InChI is InChI=1S/C28H36N4O/c1-28(2,3)19-27(33)31-26(25-13-4-6-15-30-25)18-22-11-5-7-17-32(22)20-21-10-8-14-24-23(21)12-9-16-29-24/h4,6,8-10,12-16,22,26H,5,7,11,17-20H2,1-3H3,(H,31,33)/t22-,26+/m1/s1. The van der Waals surface area contributed by atoms with Crippen molar-refractivity contribution in [1.29, 1.82) is 0 Å². The van der Waals surface area contributed by atoms with Crippen LogP contribution in [0.15, 0.2) is 60.9 Å². The molecular weight excluding hydrogens is 408 g/mol. The maximum Gasteiger partial charge on any atom is 0.221 e. The topological polar surface area (TPSA) is 58.1 Å². The molecule has 3 aromatic rings. The molecular formula is C28H36N4O. The molecule has 2 aromatic heterocycles. The number of benzene rings is 1. The largest absolute Gasteiger partial charge is 0.348 e. The molecule has 5 nitrogen and oxygen atoms in total. The summed E-state index contributed by atoms with van der Waals surface area (Å²) in [7, 11) is 0. The highest BCUT2D eigenvalue weighted by molar-refractivity contribution is 5.81. The summed E-state index contributed by atoms with van der Waals surface area (Å²) in [4.78, 5) is 24.6. The molecule has 0 bridgehead atoms. The molecule has 1 aliphatic heterocycles. The van der Waals surface area contributed by atoms with Gasteiger partial charge in [-0.05, 0) is 61.1 Å². The number of amides is 1. The molecule has 174 valence electrons. The van der Waals surface area contributed by atoms with Gasteiger partial charge in [-0.3, -0.25) is 19.7 Å². The Morgan fingerprint density at radius 1 is 1.06 bits per heavy atom. The first kappa shape index (κ1) is 23.4. The van der Waals surface area contributed by atoms with Gasteiger partial charge in [0.05, 0.1) is 17.3 Å². The van der Waals surface area contributed by atoms with Gasteiger partial charge in [0.2, 0.25) is 5.91 Å². The van der Waals surface area contributed by atoms with Gasteiger partial charge >= 0.3 is 0 Å². The Hall–Kier alpha value is -2.79. The fourth-order valence-electron chi connectivity index (χ4n) is 4.89. The van der Waals surface area contributed by atoms with Crippen molar-refractivity contribution in [3.05, 3.63) is 72.2 Å². The Balaban J connectivity index is 1.54. The quantitative estimate of drug-likeness (QED) is 0.510. The molecule has 0 aliphatic carbocycles. The Kier molecular flexibility index (Phi) is 7.39. The molecule has 1 amide bonds. The number of piperidine rings is 1. The highest BCUT2D eigenvalue weighted by Gasteiger charge is 2.29. The lowest BCUT2D eigenvalue weighted by Gasteiger charge is -2.38. The smallest absolute Gasteiger partial charge is 0.221 e. The van der Waals surface area contributed by atoms with E-state index in [9.17, 15) is 4.79 Å². The van der Waals surface area contributed by atoms with Crippen molar-refractivity contribution < 1.29 is 4.79 Å². The maximum absolute atomic E-state index is 12.8. The molecule has 2 atom stereocenters. The average molecular weight is 445 g/mol. The summed E-state index contributed by atoms with van der Waals surface area (Å²) in [6.45, 7) is 8.28. The van der Waals surface area contributed by atoms with E-state index >= 15 is 0 Å². The molecule has 1 aromatic carbocycles. The second kappa shape index (κ2) is 10.4. The lowest BCUT2D eigenvalue weighted by Crippen LogP contribution is -2.42. The van der Waals surface area contributed by atoms with E-state index in [0.717, 1.165) is 37.1 Å². The van der Waals surface area contributed by atoms with Gasteiger partial charge in [-0.1, -0.05) is 51.5 Å². The van der Waals surface area contributed by atoms with Crippen LogP contribution in [0.1, 0.15) is 70.2 Å². The van der Waals surface area contributed by atoms with Gasteiger partial charge < -0.3 is 5.32 Å². The van der Waals surface area contributed by atoms with Crippen molar-refractivity contribution in [2.24, 2.45) is 5.41 Å². The van der Waals surface area contributed by atoms with Crippen LogP contribution in [0.5, 0.6) is 0 Å². The van der Waals surface area contributed by atoms with Crippen LogP contribution in [0, 0.1) is 5.41 Å². The zero-order valence-electron chi connectivity index (χ0n) is 20.1. The van der Waals surface area contributed by atoms with Gasteiger partial charge in [-0.25, -0.2) is 0 Å². The van der Waals surface area contributed by atoms with Crippen LogP contribution in [0.25, 0.3) is 10.9 Å². The van der Waals surface area contributed by atoms with Crippen molar-refractivity contribution in [3.8, 4) is 0 Å². The Bertz CT molecular complexity index is 1050. The third kappa shape index (κ3) is 6.38. The SMILES string of the molecule is CC(C)(C)CC(=O)N[C@@H](C[C@H]1CCCCN1Cc1cccc2ncccc12)c1ccccn1. The summed E-state index contributed by atoms with van der Waals surface area (Å²) in [5.74, 6) is 0.0978. The van der Waals surface area contributed by atoms with E-state index in [1.807, 2.05) is 36.7 Å². The van der Waals surface area contributed by atoms with Gasteiger partial charge in [-0.15, -0.1) is 0 Å². The van der Waals surface area contributed by atoms with Crippen molar-refractivity contribution in [1.82, 2.24) is 20.2 Å². The Labute approximate surface area is 197 Å². The molecule has 5 heteroatoms. The van der Waals surface area contributed by atoms with E-state index in [1.165, 1.54) is 23.8 Å². The first-order valence-corrected chi connectivity index (χ1v) is 12.2. The predicted octanol–water partition coefficient (Wildman–Crippen LogP) is 5.67. The molecule has 0 saturated carbocycles. The highest BCUT2D eigenvalue weighted by atomic mass is 16.1. The second-order valence-corrected chi connectivity index (χ2v) is 10.5. The molecule has 1 saturated heterocycles. The summed E-state index contributed by atoms with van der Waals surface area (Å²) >= 11 is 0. The molecule has 3 heterocycles. The van der Waals surface area contributed by atoms with Crippen molar-refractivity contribution in [2.75, 3.05) is 6.54 Å². The molecule has 0 radical (unpaired) electrons. The molecule has 4 rings (SSSR count). The van der Waals surface area contributed by atoms with E-state index in [-0.39, 0.29) is 17.4 Å². The van der Waals surface area contributed by atoms with Crippen LogP contribution in [0.4, 0.5) is 0 Å². The highest BCUT2D eigenvalue weighted by Crippen LogP contribution is 2.29. The molecule has 33 heavy (non-hydrogen) atoms. The van der Waals surface area contributed by atoms with Crippen molar-refractivity contribution in [2.45, 2.75) is 71.5 Å². The lowest BCUT2D eigenvalue weighted by atomic mass is 9.90. The minimum Gasteiger partial charge on any atom is -0.348 e. The normalized spacial score (nSPS) is 18.2. The number of likely N-dealkylation sites (tertiary alicyclic amines) is 1. The average Bonchev–Trinajstić information content (AvgIpc) is 2.79. The van der Waals surface area contributed by atoms with Crippen LogP contribution < -0.4 is 5.32 Å². The lowest BCUT2D eigenvalue weighted by molar-refractivity contribution is -0.123. The second-order valence-electron chi connectivity index (χ2n) is 10.5. The minimum absolute atomic E-state index is 0.0436. The molecule has 1 fully saturated rings. The van der Waals surface area contributed by atoms with Crippen molar-refractivity contribution in [3.63, 3.8) is 0 Å². The monoisotopic (exact) mass is 444 g/mol. The summed E-state index contributed by atoms with van der Waals surface area (Å²) in [6.07, 6.45) is 8.63. The molecule has 0 spiro atoms. The predicted molar refractivity (Wildman–Crippen MR) is 134 cm³/mol. The number of carbonyl (C=O) groups is 1. The fraction of sp³-hybridized carbons (Fsp3) is 0.464. The van der Waals surface area contributed by atoms with Gasteiger partial charge in [0, 0.05) is 36.8 Å². The van der Waals surface area contributed by atoms with Crippen LogP contribution in [0.3, 0.4) is 0 Å². The summed E-state index contributed by atoms with van der Waals surface area (Å²) in [5, 5.41) is 4.54. The third-order valence-electron chi connectivity index (χ3n) is 6.44. The molecule has 1 aliphatic rings. The molecule has 1 N–H and O–H groups in total. The minimum atomic E-state index is -0.0826. The summed E-state index contributed by atoms with van der Waals surface area (Å²) in [5.41, 5.74) is 3.26. The van der Waals surface area contributed by atoms with Crippen LogP contribution in [-0.4, -0.2) is 33.4 Å². The number of hydrogen-bond acceptors (Lipinski definition) is 4. The number of hydrogen-bond donors (Lipinski definition) is 1. The summed E-state index contributed by atoms with van der Waals surface area (Å²) in [6, 6.07) is 16.9. The number of carbonyl (C=O) groups excluding carboxylic acids is 1. The van der Waals surface area contributed by atoms with E-state index in [2.05, 4.69) is 65.2 Å². The first-order valence-electron chi connectivity index (χ1n) is 12.2. The fourth-order valence-corrected chi connectivity index (χ4v) is 4.89.